The van der Waals surface area contributed by atoms with Crippen molar-refractivity contribution in [3.05, 3.63) is 72.8 Å². The van der Waals surface area contributed by atoms with Crippen LogP contribution in [0, 0.1) is 11.8 Å². The van der Waals surface area contributed by atoms with Crippen molar-refractivity contribution in [3.8, 4) is 0 Å². The fraction of sp³-hybridized carbons (Fsp3) is 0.345. The van der Waals surface area contributed by atoms with E-state index in [2.05, 4.69) is 26.6 Å². The van der Waals surface area contributed by atoms with Crippen LogP contribution in [0.15, 0.2) is 72.8 Å². The van der Waals surface area contributed by atoms with Crippen molar-refractivity contribution in [2.24, 2.45) is 11.8 Å². The summed E-state index contributed by atoms with van der Waals surface area (Å²) in [7, 11) is 0. The molecule has 3 aliphatic rings. The van der Waals surface area contributed by atoms with Crippen molar-refractivity contribution in [2.45, 2.75) is 40.3 Å². The predicted molar refractivity (Wildman–Crippen MR) is 153 cm³/mol. The van der Waals surface area contributed by atoms with E-state index >= 15 is 0 Å². The summed E-state index contributed by atoms with van der Waals surface area (Å²) in [6.45, 7) is 1.47. The molecule has 6 rings (SSSR count). The highest BCUT2D eigenvalue weighted by atomic mass is 79.9. The smallest absolute Gasteiger partial charge is 0.248 e. The average molecular weight is 595 g/mol. The molecule has 1 spiro atoms. The number of likely N-dealkylation sites (tertiary alicyclic amines) is 1. The van der Waals surface area contributed by atoms with Crippen molar-refractivity contribution in [1.29, 1.82) is 0 Å². The third kappa shape index (κ3) is 3.94. The molecular weight excluding hydrogens is 566 g/mol. The van der Waals surface area contributed by atoms with Crippen molar-refractivity contribution in [2.75, 3.05) is 17.2 Å². The Kier molecular flexibility index (Phi) is 6.48. The lowest BCUT2D eigenvalue weighted by Crippen LogP contribution is -2.54. The van der Waals surface area contributed by atoms with E-state index in [1.165, 1.54) is 4.90 Å². The van der Waals surface area contributed by atoms with Gasteiger partial charge in [0.15, 0.2) is 0 Å². The lowest BCUT2D eigenvalue weighted by atomic mass is 9.70. The number of benzene rings is 3. The first-order valence-electron chi connectivity index (χ1n) is 12.7. The number of para-hydroxylation sites is 1. The van der Waals surface area contributed by atoms with Gasteiger partial charge in [0.05, 0.1) is 29.2 Å². The molecule has 3 unspecified atom stereocenters. The van der Waals surface area contributed by atoms with Crippen LogP contribution in [0.25, 0.3) is 10.8 Å². The SMILES string of the molecule is C[C@H](CO)N1C(=O)[C@@H]2[C@H](C(=O)Nc3ccccc3)[C@H]3SC2(CC3Br)C1C(=O)Nc1ccc2ccccc2c1. The van der Waals surface area contributed by atoms with Gasteiger partial charge >= 0.3 is 0 Å². The highest BCUT2D eigenvalue weighted by Crippen LogP contribution is 2.68. The number of carbonyl (C=O) groups excluding carboxylic acids is 3. The fourth-order valence-corrected chi connectivity index (χ4v) is 10.1. The summed E-state index contributed by atoms with van der Waals surface area (Å²) in [5.74, 6) is -2.01. The Labute approximate surface area is 233 Å². The number of anilines is 2. The maximum Gasteiger partial charge on any atom is 0.248 e. The Morgan fingerprint density at radius 3 is 2.45 bits per heavy atom. The second-order valence-electron chi connectivity index (χ2n) is 10.3. The number of nitrogens with one attached hydrogen (secondary N) is 2. The molecule has 0 radical (unpaired) electrons. The molecule has 3 fully saturated rings. The van der Waals surface area contributed by atoms with Crippen molar-refractivity contribution >= 4 is 67.6 Å². The Balaban J connectivity index is 1.35. The summed E-state index contributed by atoms with van der Waals surface area (Å²) >= 11 is 5.35. The van der Waals surface area contributed by atoms with Crippen LogP contribution in [0.4, 0.5) is 11.4 Å². The van der Waals surface area contributed by atoms with E-state index < -0.39 is 28.7 Å². The second kappa shape index (κ2) is 9.70. The molecule has 7 nitrogen and oxygen atoms in total. The average Bonchev–Trinajstić information content (AvgIpc) is 3.52. The van der Waals surface area contributed by atoms with Gasteiger partial charge in [-0.25, -0.2) is 0 Å². The van der Waals surface area contributed by atoms with E-state index in [0.717, 1.165) is 10.8 Å². The molecular formula is C29H28BrN3O4S. The van der Waals surface area contributed by atoms with Crippen LogP contribution in [0.2, 0.25) is 0 Å². The standard InChI is InChI=1S/C29H28BrN3O4S/c1-16(15-34)33-25(27(36)32-20-12-11-17-7-5-6-8-18(17)13-20)29-14-21(30)24(38-29)22(23(29)28(33)37)26(35)31-19-9-3-2-4-10-19/h2-13,16,21-25,34H,14-15H2,1H3,(H,31,35)(H,32,36)/t16-,21?,22+,23+,24+,25?,29?/m1/s1. The number of alkyl halides is 1. The van der Waals surface area contributed by atoms with Crippen LogP contribution in [0.3, 0.4) is 0 Å². The second-order valence-corrected chi connectivity index (χ2v) is 13.1. The number of carbonyl (C=O) groups is 3. The number of amides is 3. The first-order valence-corrected chi connectivity index (χ1v) is 14.5. The molecule has 3 aromatic carbocycles. The zero-order valence-corrected chi connectivity index (χ0v) is 23.1. The molecule has 3 saturated heterocycles. The van der Waals surface area contributed by atoms with E-state index in [1.54, 1.807) is 18.7 Å². The van der Waals surface area contributed by atoms with E-state index in [9.17, 15) is 19.5 Å². The largest absolute Gasteiger partial charge is 0.394 e. The number of hydrogen-bond acceptors (Lipinski definition) is 5. The summed E-state index contributed by atoms with van der Waals surface area (Å²) in [5, 5.41) is 18.0. The van der Waals surface area contributed by atoms with Crippen LogP contribution in [-0.2, 0) is 14.4 Å². The van der Waals surface area contributed by atoms with E-state index in [1.807, 2.05) is 72.8 Å². The van der Waals surface area contributed by atoms with Gasteiger partial charge in [-0.05, 0) is 48.4 Å². The van der Waals surface area contributed by atoms with Crippen LogP contribution in [-0.4, -0.2) is 61.2 Å². The topological polar surface area (TPSA) is 98.7 Å². The van der Waals surface area contributed by atoms with Crippen molar-refractivity contribution in [1.82, 2.24) is 4.90 Å². The summed E-state index contributed by atoms with van der Waals surface area (Å²) in [5.41, 5.74) is 1.31. The first-order chi connectivity index (χ1) is 18.3. The molecule has 196 valence electrons. The lowest BCUT2D eigenvalue weighted by Gasteiger charge is -2.36. The molecule has 3 heterocycles. The Hall–Kier alpha value is -2.88. The maximum absolute atomic E-state index is 14.0. The predicted octanol–water partition coefficient (Wildman–Crippen LogP) is 4.26. The minimum absolute atomic E-state index is 0.0246. The number of aliphatic hydroxyl groups is 1. The van der Waals surface area contributed by atoms with E-state index in [4.69, 9.17) is 0 Å². The third-order valence-electron chi connectivity index (χ3n) is 8.08. The van der Waals surface area contributed by atoms with Gasteiger partial charge in [0.1, 0.15) is 6.04 Å². The number of halogens is 1. The summed E-state index contributed by atoms with van der Waals surface area (Å²) in [6, 6.07) is 21.4. The number of hydrogen-bond donors (Lipinski definition) is 3. The molecule has 3 amide bonds. The molecule has 38 heavy (non-hydrogen) atoms. The van der Waals surface area contributed by atoms with Gasteiger partial charge in [0, 0.05) is 21.5 Å². The molecule has 2 bridgehead atoms. The summed E-state index contributed by atoms with van der Waals surface area (Å²) in [6.07, 6.45) is 0.582. The Bertz CT molecular complexity index is 1420. The van der Waals surface area contributed by atoms with Gasteiger partial charge in [0.25, 0.3) is 0 Å². The lowest BCUT2D eigenvalue weighted by molar-refractivity contribution is -0.140. The van der Waals surface area contributed by atoms with Gasteiger partial charge in [-0.2, -0.15) is 0 Å². The Morgan fingerprint density at radius 1 is 1.03 bits per heavy atom. The van der Waals surface area contributed by atoms with E-state index in [0.29, 0.717) is 17.8 Å². The Morgan fingerprint density at radius 2 is 1.71 bits per heavy atom. The zero-order valence-electron chi connectivity index (χ0n) is 20.7. The number of fused-ring (bicyclic) bond motifs is 2. The number of aliphatic hydroxyl groups excluding tert-OH is 1. The molecule has 3 aromatic rings. The molecule has 0 saturated carbocycles. The number of nitrogens with zero attached hydrogens (tertiary/aromatic N) is 1. The number of thioether (sulfide) groups is 1. The van der Waals surface area contributed by atoms with Gasteiger partial charge in [-0.1, -0.05) is 64.5 Å². The minimum atomic E-state index is -0.821. The van der Waals surface area contributed by atoms with Crippen LogP contribution >= 0.6 is 27.7 Å². The molecule has 7 atom stereocenters. The maximum atomic E-state index is 14.0. The summed E-state index contributed by atoms with van der Waals surface area (Å²) < 4.78 is -0.779. The van der Waals surface area contributed by atoms with Crippen LogP contribution in [0.1, 0.15) is 13.3 Å². The van der Waals surface area contributed by atoms with Gasteiger partial charge < -0.3 is 20.6 Å². The van der Waals surface area contributed by atoms with Gasteiger partial charge in [-0.3, -0.25) is 14.4 Å². The quantitative estimate of drug-likeness (QED) is 0.371. The van der Waals surface area contributed by atoms with Crippen LogP contribution in [0.5, 0.6) is 0 Å². The first kappa shape index (κ1) is 25.4. The number of rotatable bonds is 6. The molecule has 3 N–H and O–H groups in total. The monoisotopic (exact) mass is 593 g/mol. The molecule has 0 aromatic heterocycles. The highest BCUT2D eigenvalue weighted by molar-refractivity contribution is 9.09. The minimum Gasteiger partial charge on any atom is -0.394 e. The highest BCUT2D eigenvalue weighted by Gasteiger charge is 2.76. The van der Waals surface area contributed by atoms with Gasteiger partial charge in [-0.15, -0.1) is 11.8 Å². The van der Waals surface area contributed by atoms with Crippen molar-refractivity contribution in [3.63, 3.8) is 0 Å². The third-order valence-corrected chi connectivity index (χ3v) is 11.3. The normalized spacial score (nSPS) is 30.3. The van der Waals surface area contributed by atoms with E-state index in [-0.39, 0.29) is 34.4 Å². The summed E-state index contributed by atoms with van der Waals surface area (Å²) in [4.78, 5) is 43.1. The molecule has 9 heteroatoms. The molecule has 0 aliphatic carbocycles. The van der Waals surface area contributed by atoms with Gasteiger partial charge in [0.2, 0.25) is 17.7 Å². The zero-order chi connectivity index (χ0) is 26.6. The fourth-order valence-electron chi connectivity index (χ4n) is 6.45. The van der Waals surface area contributed by atoms with Crippen molar-refractivity contribution < 1.29 is 19.5 Å². The van der Waals surface area contributed by atoms with Crippen LogP contribution < -0.4 is 10.6 Å². The molecule has 3 aliphatic heterocycles.